The van der Waals surface area contributed by atoms with Gasteiger partial charge in [0.2, 0.25) is 5.91 Å². The van der Waals surface area contributed by atoms with Gasteiger partial charge in [-0.3, -0.25) is 4.79 Å². The minimum atomic E-state index is -0.228. The Morgan fingerprint density at radius 3 is 2.73 bits per heavy atom. The van der Waals surface area contributed by atoms with Crippen molar-refractivity contribution in [2.75, 3.05) is 6.54 Å². The van der Waals surface area contributed by atoms with Crippen LogP contribution >= 0.6 is 0 Å². The molecule has 1 N–H and O–H groups in total. The summed E-state index contributed by atoms with van der Waals surface area (Å²) < 4.78 is 12.7. The average molecular weight is 207 g/mol. The summed E-state index contributed by atoms with van der Waals surface area (Å²) in [7, 11) is 0. The van der Waals surface area contributed by atoms with Gasteiger partial charge in [-0.25, -0.2) is 4.39 Å². The summed E-state index contributed by atoms with van der Waals surface area (Å²) in [6.45, 7) is 2.58. The van der Waals surface area contributed by atoms with Gasteiger partial charge in [-0.2, -0.15) is 0 Å². The van der Waals surface area contributed by atoms with Crippen molar-refractivity contribution in [1.29, 1.82) is 0 Å². The second-order valence-electron chi connectivity index (χ2n) is 3.89. The van der Waals surface area contributed by atoms with E-state index in [2.05, 4.69) is 5.32 Å². The van der Waals surface area contributed by atoms with E-state index < -0.39 is 0 Å². The van der Waals surface area contributed by atoms with E-state index in [1.165, 1.54) is 12.1 Å². The van der Waals surface area contributed by atoms with Crippen LogP contribution in [0.15, 0.2) is 24.3 Å². The van der Waals surface area contributed by atoms with Crippen LogP contribution in [-0.4, -0.2) is 12.5 Å². The fourth-order valence-corrected chi connectivity index (χ4v) is 1.87. The molecule has 3 heteroatoms. The summed E-state index contributed by atoms with van der Waals surface area (Å²) in [5.74, 6) is 0.272. The standard InChI is InChI=1S/C12H14FNO/c1-2-14-12(15)11-7-10(11)8-3-5-9(13)6-4-8/h3-6,10-11H,2,7H2,1H3,(H,14,15). The SMILES string of the molecule is CCNC(=O)C1CC1c1ccc(F)cc1. The average Bonchev–Trinajstić information content (AvgIpc) is 2.99. The smallest absolute Gasteiger partial charge is 0.223 e. The highest BCUT2D eigenvalue weighted by Gasteiger charge is 2.43. The summed E-state index contributed by atoms with van der Waals surface area (Å²) in [6.07, 6.45) is 0.886. The molecule has 2 nitrogen and oxygen atoms in total. The molecule has 15 heavy (non-hydrogen) atoms. The molecule has 0 bridgehead atoms. The highest BCUT2D eigenvalue weighted by atomic mass is 19.1. The van der Waals surface area contributed by atoms with Crippen molar-refractivity contribution >= 4 is 5.91 Å². The number of hydrogen-bond acceptors (Lipinski definition) is 1. The van der Waals surface area contributed by atoms with Crippen LogP contribution in [0, 0.1) is 11.7 Å². The highest BCUT2D eigenvalue weighted by molar-refractivity contribution is 5.82. The first-order valence-corrected chi connectivity index (χ1v) is 5.25. The third-order valence-corrected chi connectivity index (χ3v) is 2.78. The summed E-state index contributed by atoms with van der Waals surface area (Å²) in [4.78, 5) is 11.5. The molecule has 1 fully saturated rings. The predicted octanol–water partition coefficient (Wildman–Crippen LogP) is 2.07. The number of hydrogen-bond donors (Lipinski definition) is 1. The van der Waals surface area contributed by atoms with Crippen molar-refractivity contribution in [3.8, 4) is 0 Å². The lowest BCUT2D eigenvalue weighted by molar-refractivity contribution is -0.122. The van der Waals surface area contributed by atoms with Crippen molar-refractivity contribution in [1.82, 2.24) is 5.32 Å². The van der Waals surface area contributed by atoms with E-state index in [1.807, 2.05) is 6.92 Å². The lowest BCUT2D eigenvalue weighted by Crippen LogP contribution is -2.24. The lowest BCUT2D eigenvalue weighted by Gasteiger charge is -2.01. The van der Waals surface area contributed by atoms with Crippen LogP contribution in [0.3, 0.4) is 0 Å². The van der Waals surface area contributed by atoms with Gasteiger partial charge in [0.25, 0.3) is 0 Å². The number of amides is 1. The summed E-state index contributed by atoms with van der Waals surface area (Å²) in [5, 5.41) is 2.81. The third kappa shape index (κ3) is 2.17. The number of benzene rings is 1. The van der Waals surface area contributed by atoms with Crippen LogP contribution in [0.4, 0.5) is 4.39 Å². The minimum absolute atomic E-state index is 0.0930. The Bertz CT molecular complexity index is 360. The number of nitrogens with one attached hydrogen (secondary N) is 1. The molecule has 0 aromatic heterocycles. The zero-order valence-electron chi connectivity index (χ0n) is 8.66. The first kappa shape index (κ1) is 10.1. The molecule has 80 valence electrons. The molecule has 0 heterocycles. The Morgan fingerprint density at radius 2 is 2.13 bits per heavy atom. The van der Waals surface area contributed by atoms with Crippen LogP contribution in [0.1, 0.15) is 24.8 Å². The number of halogens is 1. The zero-order chi connectivity index (χ0) is 10.8. The fourth-order valence-electron chi connectivity index (χ4n) is 1.87. The van der Waals surface area contributed by atoms with Gasteiger partial charge in [-0.05, 0) is 37.0 Å². The van der Waals surface area contributed by atoms with Gasteiger partial charge >= 0.3 is 0 Å². The zero-order valence-corrected chi connectivity index (χ0v) is 8.66. The van der Waals surface area contributed by atoms with Crippen molar-refractivity contribution in [2.45, 2.75) is 19.3 Å². The Labute approximate surface area is 88.5 Å². The lowest BCUT2D eigenvalue weighted by atomic mass is 10.1. The molecule has 1 aliphatic rings. The maximum atomic E-state index is 12.7. The van der Waals surface area contributed by atoms with Crippen molar-refractivity contribution in [3.63, 3.8) is 0 Å². The van der Waals surface area contributed by atoms with E-state index in [0.717, 1.165) is 12.0 Å². The first-order chi connectivity index (χ1) is 7.22. The van der Waals surface area contributed by atoms with Crippen LogP contribution < -0.4 is 5.32 Å². The fraction of sp³-hybridized carbons (Fsp3) is 0.417. The van der Waals surface area contributed by atoms with Gasteiger partial charge in [-0.15, -0.1) is 0 Å². The second-order valence-corrected chi connectivity index (χ2v) is 3.89. The Hall–Kier alpha value is -1.38. The first-order valence-electron chi connectivity index (χ1n) is 5.25. The Kier molecular flexibility index (Phi) is 2.71. The molecular weight excluding hydrogens is 193 g/mol. The highest BCUT2D eigenvalue weighted by Crippen LogP contribution is 2.47. The summed E-state index contributed by atoms with van der Waals surface area (Å²) in [5.41, 5.74) is 1.06. The van der Waals surface area contributed by atoms with Gasteiger partial charge in [0, 0.05) is 12.5 Å². The molecule has 2 unspecified atom stereocenters. The van der Waals surface area contributed by atoms with Crippen molar-refractivity contribution in [2.24, 2.45) is 5.92 Å². The van der Waals surface area contributed by atoms with E-state index in [1.54, 1.807) is 12.1 Å². The molecule has 1 amide bonds. The number of carbonyl (C=O) groups excluding carboxylic acids is 1. The second kappa shape index (κ2) is 4.01. The van der Waals surface area contributed by atoms with Crippen LogP contribution in [0.25, 0.3) is 0 Å². The van der Waals surface area contributed by atoms with E-state index >= 15 is 0 Å². The predicted molar refractivity (Wildman–Crippen MR) is 55.9 cm³/mol. The molecule has 0 saturated heterocycles. The van der Waals surface area contributed by atoms with E-state index in [4.69, 9.17) is 0 Å². The molecule has 0 radical (unpaired) electrons. The van der Waals surface area contributed by atoms with E-state index in [9.17, 15) is 9.18 Å². The molecule has 0 spiro atoms. The van der Waals surface area contributed by atoms with Gasteiger partial charge in [0.1, 0.15) is 5.82 Å². The monoisotopic (exact) mass is 207 g/mol. The molecule has 0 aliphatic heterocycles. The van der Waals surface area contributed by atoms with Gasteiger partial charge in [0.05, 0.1) is 0 Å². The molecule has 2 rings (SSSR count). The van der Waals surface area contributed by atoms with Crippen LogP contribution in [0.2, 0.25) is 0 Å². The van der Waals surface area contributed by atoms with Gasteiger partial charge < -0.3 is 5.32 Å². The normalized spacial score (nSPS) is 23.6. The molecule has 1 aromatic rings. The molecular formula is C12H14FNO. The maximum Gasteiger partial charge on any atom is 0.223 e. The molecule has 1 aromatic carbocycles. The summed E-state index contributed by atoms with van der Waals surface area (Å²) in [6, 6.07) is 6.42. The van der Waals surface area contributed by atoms with Gasteiger partial charge in [0.15, 0.2) is 0 Å². The van der Waals surface area contributed by atoms with E-state index in [-0.39, 0.29) is 23.6 Å². The largest absolute Gasteiger partial charge is 0.356 e. The molecule has 1 saturated carbocycles. The number of carbonyl (C=O) groups is 1. The Balaban J connectivity index is 1.98. The quantitative estimate of drug-likeness (QED) is 0.807. The topological polar surface area (TPSA) is 29.1 Å². The molecule has 1 aliphatic carbocycles. The maximum absolute atomic E-state index is 12.7. The van der Waals surface area contributed by atoms with Crippen LogP contribution in [-0.2, 0) is 4.79 Å². The molecule has 2 atom stereocenters. The van der Waals surface area contributed by atoms with Crippen LogP contribution in [0.5, 0.6) is 0 Å². The summed E-state index contributed by atoms with van der Waals surface area (Å²) >= 11 is 0. The minimum Gasteiger partial charge on any atom is -0.356 e. The third-order valence-electron chi connectivity index (χ3n) is 2.78. The van der Waals surface area contributed by atoms with Crippen molar-refractivity contribution in [3.05, 3.63) is 35.6 Å². The van der Waals surface area contributed by atoms with Crippen molar-refractivity contribution < 1.29 is 9.18 Å². The van der Waals surface area contributed by atoms with E-state index in [0.29, 0.717) is 6.54 Å². The Morgan fingerprint density at radius 1 is 1.47 bits per heavy atom. The van der Waals surface area contributed by atoms with Gasteiger partial charge in [-0.1, -0.05) is 12.1 Å². The number of rotatable bonds is 3.